The van der Waals surface area contributed by atoms with Crippen LogP contribution in [-0.4, -0.2) is 21.6 Å². The number of carbonyl (C=O) groups excluding carboxylic acids is 1. The lowest BCUT2D eigenvalue weighted by molar-refractivity contribution is 0.0954. The van der Waals surface area contributed by atoms with Crippen molar-refractivity contribution in [2.24, 2.45) is 5.10 Å². The highest BCUT2D eigenvalue weighted by molar-refractivity contribution is 5.97. The van der Waals surface area contributed by atoms with Gasteiger partial charge in [-0.3, -0.25) is 14.8 Å². The molecule has 0 saturated carbocycles. The van der Waals surface area contributed by atoms with Crippen LogP contribution in [-0.2, 0) is 0 Å². The number of benzene rings is 1. The molecule has 1 amide bonds. The number of hydrazone groups is 1. The molecule has 3 rings (SSSR count). The van der Waals surface area contributed by atoms with Crippen molar-refractivity contribution in [3.8, 4) is 0 Å². The molecule has 202 valence electrons. The summed E-state index contributed by atoms with van der Waals surface area (Å²) in [4.78, 5) is 22.0. The lowest BCUT2D eigenvalue weighted by atomic mass is 9.90. The average molecular weight is 513 g/mol. The summed E-state index contributed by atoms with van der Waals surface area (Å²) >= 11 is 0. The van der Waals surface area contributed by atoms with Crippen LogP contribution in [0.4, 0.5) is 0 Å². The van der Waals surface area contributed by atoms with Crippen LogP contribution < -0.4 is 5.43 Å². The molecule has 0 bridgehead atoms. The van der Waals surface area contributed by atoms with Crippen LogP contribution in [0.25, 0.3) is 0 Å². The van der Waals surface area contributed by atoms with Gasteiger partial charge in [0.1, 0.15) is 0 Å². The number of amides is 1. The van der Waals surface area contributed by atoms with Gasteiger partial charge in [-0.15, -0.1) is 0 Å². The maximum absolute atomic E-state index is 12.8. The molecule has 0 fully saturated rings. The molecule has 5 heteroatoms. The monoisotopic (exact) mass is 512 g/mol. The first-order valence-corrected chi connectivity index (χ1v) is 14.5. The summed E-state index contributed by atoms with van der Waals surface area (Å²) in [7, 11) is 0. The van der Waals surface area contributed by atoms with Gasteiger partial charge in [-0.2, -0.15) is 5.10 Å². The van der Waals surface area contributed by atoms with Crippen molar-refractivity contribution in [3.05, 3.63) is 96.1 Å². The molecule has 1 aromatic carbocycles. The van der Waals surface area contributed by atoms with Crippen LogP contribution in [0.2, 0.25) is 0 Å². The third-order valence-electron chi connectivity index (χ3n) is 6.92. The van der Waals surface area contributed by atoms with E-state index in [1.165, 1.54) is 64.2 Å². The molecule has 0 aliphatic rings. The number of nitrogens with one attached hydrogen (secondary N) is 1. The Kier molecular flexibility index (Phi) is 13.8. The van der Waals surface area contributed by atoms with Gasteiger partial charge in [-0.1, -0.05) is 108 Å². The molecule has 0 aliphatic carbocycles. The van der Waals surface area contributed by atoms with Gasteiger partial charge in [0, 0.05) is 18.0 Å². The molecule has 0 atom stereocenters. The van der Waals surface area contributed by atoms with E-state index in [2.05, 4.69) is 27.4 Å². The highest BCUT2D eigenvalue weighted by Gasteiger charge is 2.23. The Bertz CT molecular complexity index is 1010. The number of rotatable bonds is 18. The second-order valence-electron chi connectivity index (χ2n) is 9.99. The first-order valence-electron chi connectivity index (χ1n) is 14.5. The van der Waals surface area contributed by atoms with Gasteiger partial charge in [0.2, 0.25) is 0 Å². The smallest absolute Gasteiger partial charge is 0.267 e. The Balaban J connectivity index is 1.60. The van der Waals surface area contributed by atoms with Crippen molar-refractivity contribution in [1.29, 1.82) is 0 Å². The van der Waals surface area contributed by atoms with Crippen molar-refractivity contribution in [3.63, 3.8) is 0 Å². The first-order chi connectivity index (χ1) is 18.8. The highest BCUT2D eigenvalue weighted by Crippen LogP contribution is 2.26. The summed E-state index contributed by atoms with van der Waals surface area (Å²) in [6, 6.07) is 21.0. The Morgan fingerprint density at radius 1 is 0.684 bits per heavy atom. The maximum Gasteiger partial charge on any atom is 0.271 e. The number of unbranched alkanes of at least 4 members (excludes halogenated alkanes) is 11. The lowest BCUT2D eigenvalue weighted by Gasteiger charge is -2.19. The van der Waals surface area contributed by atoms with E-state index in [0.29, 0.717) is 5.56 Å². The number of pyridine rings is 2. The number of nitrogens with zero attached hydrogens (tertiary/aromatic N) is 3. The number of hydrogen-bond acceptors (Lipinski definition) is 4. The van der Waals surface area contributed by atoms with Gasteiger partial charge in [0.15, 0.2) is 0 Å². The summed E-state index contributed by atoms with van der Waals surface area (Å²) in [6.45, 7) is 2.27. The van der Waals surface area contributed by atoms with Crippen LogP contribution in [0, 0.1) is 0 Å². The summed E-state index contributed by atoms with van der Waals surface area (Å²) in [6.07, 6.45) is 20.0. The minimum Gasteiger partial charge on any atom is -0.267 e. The quantitative estimate of drug-likeness (QED) is 0.106. The van der Waals surface area contributed by atoms with E-state index in [1.807, 2.05) is 54.6 Å². The van der Waals surface area contributed by atoms with Crippen molar-refractivity contribution in [2.45, 2.75) is 96.3 Å². The van der Waals surface area contributed by atoms with E-state index < -0.39 is 0 Å². The first kappa shape index (κ1) is 29.2. The van der Waals surface area contributed by atoms with Gasteiger partial charge in [-0.25, -0.2) is 5.43 Å². The van der Waals surface area contributed by atoms with Crippen molar-refractivity contribution >= 4 is 11.6 Å². The Morgan fingerprint density at radius 2 is 1.18 bits per heavy atom. The lowest BCUT2D eigenvalue weighted by Crippen LogP contribution is -2.24. The van der Waals surface area contributed by atoms with E-state index in [4.69, 9.17) is 0 Å². The van der Waals surface area contributed by atoms with Crippen LogP contribution in [0.5, 0.6) is 0 Å². The predicted octanol–water partition coefficient (Wildman–Crippen LogP) is 8.49. The zero-order chi connectivity index (χ0) is 26.7. The molecular weight excluding hydrogens is 468 g/mol. The Morgan fingerprint density at radius 3 is 1.68 bits per heavy atom. The SMILES string of the molecule is CCCCCCCCCCCCCCC(=NNC(=O)c1ccccc1)C(c1ccccn1)c1ccccn1. The average Bonchev–Trinajstić information content (AvgIpc) is 2.97. The molecule has 0 unspecified atom stereocenters. The van der Waals surface area contributed by atoms with E-state index >= 15 is 0 Å². The molecule has 38 heavy (non-hydrogen) atoms. The number of hydrogen-bond donors (Lipinski definition) is 1. The second kappa shape index (κ2) is 18.0. The molecule has 0 aliphatic heterocycles. The Hall–Kier alpha value is -3.34. The van der Waals surface area contributed by atoms with Gasteiger partial charge in [0.25, 0.3) is 5.91 Å². The normalized spacial score (nSPS) is 11.6. The van der Waals surface area contributed by atoms with Gasteiger partial charge < -0.3 is 0 Å². The third kappa shape index (κ3) is 10.6. The largest absolute Gasteiger partial charge is 0.271 e. The number of aromatic nitrogens is 2. The van der Waals surface area contributed by atoms with Gasteiger partial charge in [-0.05, 0) is 49.2 Å². The minimum atomic E-state index is -0.210. The molecule has 0 saturated heterocycles. The molecule has 2 heterocycles. The molecule has 0 spiro atoms. The molecular formula is C33H44N4O. The second-order valence-corrected chi connectivity index (χ2v) is 9.99. The summed E-state index contributed by atoms with van der Waals surface area (Å²) in [5, 5.41) is 4.68. The number of carbonyl (C=O) groups is 1. The van der Waals surface area contributed by atoms with Crippen molar-refractivity contribution in [2.75, 3.05) is 0 Å². The van der Waals surface area contributed by atoms with Crippen molar-refractivity contribution < 1.29 is 4.79 Å². The van der Waals surface area contributed by atoms with E-state index in [0.717, 1.165) is 36.4 Å². The topological polar surface area (TPSA) is 67.2 Å². The zero-order valence-electron chi connectivity index (χ0n) is 23.0. The van der Waals surface area contributed by atoms with Crippen LogP contribution in [0.15, 0.2) is 84.2 Å². The fourth-order valence-corrected chi connectivity index (χ4v) is 4.77. The van der Waals surface area contributed by atoms with E-state index in [1.54, 1.807) is 24.5 Å². The molecule has 3 aromatic rings. The summed E-state index contributed by atoms with van der Waals surface area (Å²) < 4.78 is 0. The third-order valence-corrected chi connectivity index (χ3v) is 6.92. The van der Waals surface area contributed by atoms with Crippen LogP contribution in [0.1, 0.15) is 118 Å². The summed E-state index contributed by atoms with van der Waals surface area (Å²) in [5.74, 6) is -0.417. The molecule has 0 radical (unpaired) electrons. The fourth-order valence-electron chi connectivity index (χ4n) is 4.77. The van der Waals surface area contributed by atoms with Gasteiger partial charge in [0.05, 0.1) is 23.0 Å². The van der Waals surface area contributed by atoms with Crippen LogP contribution in [0.3, 0.4) is 0 Å². The van der Waals surface area contributed by atoms with Crippen LogP contribution >= 0.6 is 0 Å². The highest BCUT2D eigenvalue weighted by atomic mass is 16.2. The van der Waals surface area contributed by atoms with Crippen molar-refractivity contribution in [1.82, 2.24) is 15.4 Å². The molecule has 1 N–H and O–H groups in total. The van der Waals surface area contributed by atoms with E-state index in [-0.39, 0.29) is 11.8 Å². The standard InChI is InChI=1S/C33H44N4O/c1-2-3-4-5-6-7-8-9-10-11-12-16-25-31(36-37-33(38)28-21-14-13-15-22-28)32(29-23-17-19-26-34-29)30-24-18-20-27-35-30/h13-15,17-24,26-27,32H,2-12,16,25H2,1H3,(H,37,38). The van der Waals surface area contributed by atoms with Gasteiger partial charge >= 0.3 is 0 Å². The zero-order valence-corrected chi connectivity index (χ0v) is 23.0. The maximum atomic E-state index is 12.8. The Labute approximate surface area is 229 Å². The summed E-state index contributed by atoms with van der Waals surface area (Å²) in [5.41, 5.74) is 6.06. The van der Waals surface area contributed by atoms with E-state index in [9.17, 15) is 4.79 Å². The fraction of sp³-hybridized carbons (Fsp3) is 0.455. The molecule has 2 aromatic heterocycles. The minimum absolute atomic E-state index is 0.207. The molecule has 5 nitrogen and oxygen atoms in total. The predicted molar refractivity (Wildman–Crippen MR) is 157 cm³/mol.